The number of urea groups is 1. The van der Waals surface area contributed by atoms with Gasteiger partial charge in [0.05, 0.1) is 23.3 Å². The van der Waals surface area contributed by atoms with E-state index >= 15 is 0 Å². The second-order valence-corrected chi connectivity index (χ2v) is 7.73. The van der Waals surface area contributed by atoms with E-state index in [1.54, 1.807) is 26.0 Å². The number of terminal acetylenes is 1. The summed E-state index contributed by atoms with van der Waals surface area (Å²) in [6.07, 6.45) is 5.78. The molecule has 2 aromatic rings. The minimum absolute atomic E-state index is 0.171. The molecule has 2 amide bonds. The first-order chi connectivity index (χ1) is 11.7. The molecule has 0 spiro atoms. The zero-order valence-electron chi connectivity index (χ0n) is 14.3. The number of carbonyl (C=O) groups excluding carboxylic acids is 1. The summed E-state index contributed by atoms with van der Waals surface area (Å²) in [5.74, 6) is 2.78. The number of nitrogens with one attached hydrogen (secondary N) is 2. The zero-order chi connectivity index (χ0) is 18.7. The monoisotopic (exact) mass is 377 g/mol. The molecule has 0 aliphatic rings. The molecular weight excluding hydrogens is 358 g/mol. The molecule has 1 atom stereocenters. The van der Waals surface area contributed by atoms with Crippen molar-refractivity contribution in [2.24, 2.45) is 0 Å². The standard InChI is InChI=1S/C18H20ClN3O2S/c1-5-18(4,12-6-8-13(19)9-7-12)14-10-25-16(20-14)21-15(24)22-17(2,3)11-23/h1,6-10,23H,11H2,2-4H3,(H2,20,21,22,24)/t18-/m1/s1. The van der Waals surface area contributed by atoms with Crippen molar-refractivity contribution in [2.75, 3.05) is 11.9 Å². The van der Waals surface area contributed by atoms with Gasteiger partial charge in [-0.3, -0.25) is 5.32 Å². The van der Waals surface area contributed by atoms with E-state index in [4.69, 9.17) is 18.0 Å². The Morgan fingerprint density at radius 3 is 2.56 bits per heavy atom. The lowest BCUT2D eigenvalue weighted by Crippen LogP contribution is -2.48. The van der Waals surface area contributed by atoms with Gasteiger partial charge in [-0.25, -0.2) is 9.78 Å². The lowest BCUT2D eigenvalue weighted by Gasteiger charge is -2.23. The number of anilines is 1. The molecule has 0 saturated heterocycles. The number of benzene rings is 1. The highest BCUT2D eigenvalue weighted by atomic mass is 35.5. The number of rotatable bonds is 5. The van der Waals surface area contributed by atoms with Crippen LogP contribution >= 0.6 is 22.9 Å². The van der Waals surface area contributed by atoms with Crippen LogP contribution in [0.25, 0.3) is 0 Å². The van der Waals surface area contributed by atoms with Crippen molar-refractivity contribution in [3.8, 4) is 12.3 Å². The molecule has 132 valence electrons. The Morgan fingerprint density at radius 1 is 1.36 bits per heavy atom. The van der Waals surface area contributed by atoms with Crippen LogP contribution in [0.4, 0.5) is 9.93 Å². The summed E-state index contributed by atoms with van der Waals surface area (Å²) >= 11 is 7.22. The molecule has 0 saturated carbocycles. The molecule has 25 heavy (non-hydrogen) atoms. The maximum atomic E-state index is 12.0. The Bertz CT molecular complexity index is 795. The second kappa shape index (κ2) is 7.44. The number of aromatic nitrogens is 1. The van der Waals surface area contributed by atoms with Crippen LogP contribution in [0.1, 0.15) is 32.0 Å². The molecule has 1 aromatic carbocycles. The Morgan fingerprint density at radius 2 is 2.00 bits per heavy atom. The Hall–Kier alpha value is -2.07. The van der Waals surface area contributed by atoms with Crippen LogP contribution in [0.5, 0.6) is 0 Å². The van der Waals surface area contributed by atoms with E-state index < -0.39 is 17.0 Å². The van der Waals surface area contributed by atoms with Crippen molar-refractivity contribution in [3.05, 3.63) is 45.9 Å². The topological polar surface area (TPSA) is 74.2 Å². The third kappa shape index (κ3) is 4.51. The summed E-state index contributed by atoms with van der Waals surface area (Å²) in [7, 11) is 0. The lowest BCUT2D eigenvalue weighted by atomic mass is 9.81. The summed E-state index contributed by atoms with van der Waals surface area (Å²) in [5.41, 5.74) is 0.101. The summed E-state index contributed by atoms with van der Waals surface area (Å²) in [6, 6.07) is 6.86. The largest absolute Gasteiger partial charge is 0.394 e. The average Bonchev–Trinajstić information content (AvgIpc) is 3.03. The predicted molar refractivity (Wildman–Crippen MR) is 102 cm³/mol. The first-order valence-corrected chi connectivity index (χ1v) is 8.86. The van der Waals surface area contributed by atoms with Crippen molar-refractivity contribution in [1.82, 2.24) is 10.3 Å². The Kier molecular flexibility index (Phi) is 5.73. The predicted octanol–water partition coefficient (Wildman–Crippen LogP) is 3.63. The van der Waals surface area contributed by atoms with Gasteiger partial charge in [0.1, 0.15) is 0 Å². The first-order valence-electron chi connectivity index (χ1n) is 7.60. The molecule has 0 bridgehead atoms. The van der Waals surface area contributed by atoms with Gasteiger partial charge in [0.25, 0.3) is 0 Å². The molecule has 1 heterocycles. The van der Waals surface area contributed by atoms with Crippen LogP contribution in [0.2, 0.25) is 5.02 Å². The third-order valence-electron chi connectivity index (χ3n) is 3.79. The zero-order valence-corrected chi connectivity index (χ0v) is 15.8. The Balaban J connectivity index is 2.20. The molecule has 3 N–H and O–H groups in total. The summed E-state index contributed by atoms with van der Waals surface area (Å²) in [6.45, 7) is 5.16. The van der Waals surface area contributed by atoms with E-state index in [-0.39, 0.29) is 6.61 Å². The molecule has 5 nitrogen and oxygen atoms in total. The van der Waals surface area contributed by atoms with E-state index in [9.17, 15) is 9.90 Å². The van der Waals surface area contributed by atoms with E-state index in [1.165, 1.54) is 11.3 Å². The van der Waals surface area contributed by atoms with Gasteiger partial charge in [-0.05, 0) is 38.5 Å². The minimum atomic E-state index is -0.734. The normalized spacial score (nSPS) is 13.6. The molecule has 2 rings (SSSR count). The van der Waals surface area contributed by atoms with Crippen LogP contribution in [0.15, 0.2) is 29.6 Å². The number of amides is 2. The fourth-order valence-electron chi connectivity index (χ4n) is 2.12. The van der Waals surface area contributed by atoms with Gasteiger partial charge in [0.2, 0.25) is 0 Å². The van der Waals surface area contributed by atoms with Crippen molar-refractivity contribution in [1.29, 1.82) is 0 Å². The number of aliphatic hydroxyl groups is 1. The van der Waals surface area contributed by atoms with Crippen LogP contribution < -0.4 is 10.6 Å². The third-order valence-corrected chi connectivity index (χ3v) is 4.80. The molecule has 0 aliphatic heterocycles. The van der Waals surface area contributed by atoms with Gasteiger partial charge in [-0.1, -0.05) is 29.7 Å². The summed E-state index contributed by atoms with van der Waals surface area (Å²) in [5, 5.41) is 17.4. The summed E-state index contributed by atoms with van der Waals surface area (Å²) in [4.78, 5) is 16.5. The number of hydrogen-bond acceptors (Lipinski definition) is 4. The Labute approximate surface area is 156 Å². The maximum Gasteiger partial charge on any atom is 0.321 e. The van der Waals surface area contributed by atoms with E-state index in [2.05, 4.69) is 21.5 Å². The highest BCUT2D eigenvalue weighted by Crippen LogP contribution is 2.33. The molecule has 0 aliphatic carbocycles. The van der Waals surface area contributed by atoms with Gasteiger partial charge in [0.15, 0.2) is 5.13 Å². The van der Waals surface area contributed by atoms with Crippen molar-refractivity contribution in [2.45, 2.75) is 31.7 Å². The van der Waals surface area contributed by atoms with Crippen LogP contribution in [-0.2, 0) is 5.41 Å². The molecule has 0 unspecified atom stereocenters. The van der Waals surface area contributed by atoms with Crippen molar-refractivity contribution >= 4 is 34.1 Å². The van der Waals surface area contributed by atoms with Gasteiger partial charge < -0.3 is 10.4 Å². The number of thiazole rings is 1. The number of carbonyl (C=O) groups is 1. The fraction of sp³-hybridized carbons (Fsp3) is 0.333. The number of aliphatic hydroxyl groups excluding tert-OH is 1. The van der Waals surface area contributed by atoms with E-state index in [1.807, 2.05) is 24.4 Å². The average molecular weight is 378 g/mol. The maximum absolute atomic E-state index is 12.0. The SMILES string of the molecule is C#C[C@](C)(c1ccc(Cl)cc1)c1csc(NC(=O)NC(C)(C)CO)n1. The highest BCUT2D eigenvalue weighted by molar-refractivity contribution is 7.14. The van der Waals surface area contributed by atoms with Gasteiger partial charge in [0, 0.05) is 10.4 Å². The summed E-state index contributed by atoms with van der Waals surface area (Å²) < 4.78 is 0. The number of halogens is 1. The smallest absolute Gasteiger partial charge is 0.321 e. The second-order valence-electron chi connectivity index (χ2n) is 6.44. The van der Waals surface area contributed by atoms with Crippen LogP contribution in [0, 0.1) is 12.3 Å². The fourth-order valence-corrected chi connectivity index (χ4v) is 3.06. The van der Waals surface area contributed by atoms with Gasteiger partial charge >= 0.3 is 6.03 Å². The van der Waals surface area contributed by atoms with Gasteiger partial charge in [-0.2, -0.15) is 0 Å². The number of nitrogens with zero attached hydrogens (tertiary/aromatic N) is 1. The first kappa shape index (κ1) is 19.3. The molecule has 7 heteroatoms. The lowest BCUT2D eigenvalue weighted by molar-refractivity contribution is 0.187. The van der Waals surface area contributed by atoms with Crippen LogP contribution in [0.3, 0.4) is 0 Å². The van der Waals surface area contributed by atoms with Crippen molar-refractivity contribution in [3.63, 3.8) is 0 Å². The van der Waals surface area contributed by atoms with Gasteiger partial charge in [-0.15, -0.1) is 17.8 Å². The number of hydrogen-bond donors (Lipinski definition) is 3. The van der Waals surface area contributed by atoms with E-state index in [0.29, 0.717) is 15.8 Å². The molecule has 1 aromatic heterocycles. The molecule has 0 radical (unpaired) electrons. The molecule has 0 fully saturated rings. The minimum Gasteiger partial charge on any atom is -0.394 e. The van der Waals surface area contributed by atoms with Crippen LogP contribution in [-0.4, -0.2) is 28.3 Å². The van der Waals surface area contributed by atoms with Crippen molar-refractivity contribution < 1.29 is 9.90 Å². The molecular formula is C18H20ClN3O2S. The van der Waals surface area contributed by atoms with E-state index in [0.717, 1.165) is 5.56 Å². The quantitative estimate of drug-likeness (QED) is 0.696. The highest BCUT2D eigenvalue weighted by Gasteiger charge is 2.30.